The summed E-state index contributed by atoms with van der Waals surface area (Å²) in [6.45, 7) is 36.6. The maximum Gasteiger partial charge on any atom is 0.559 e. The van der Waals surface area contributed by atoms with Crippen molar-refractivity contribution < 1.29 is 91.3 Å². The zero-order valence-electron chi connectivity index (χ0n) is 67.1. The van der Waals surface area contributed by atoms with Crippen molar-refractivity contribution in [3.63, 3.8) is 0 Å². The van der Waals surface area contributed by atoms with Gasteiger partial charge in [-0.1, -0.05) is 177 Å². The summed E-state index contributed by atoms with van der Waals surface area (Å²) in [6.07, 6.45) is 11.0. The number of alkyl halides is 5. The molecular formula is C84H121F10N3O13. The quantitative estimate of drug-likeness (QED) is 0.0344. The fourth-order valence-corrected chi connectivity index (χ4v) is 10.8. The lowest BCUT2D eigenvalue weighted by molar-refractivity contribution is -0.237. The number of nitrogens with zero attached hydrogens (tertiary/aromatic N) is 3. The first-order valence-corrected chi connectivity index (χ1v) is 38.8. The second kappa shape index (κ2) is 52.4. The Morgan fingerprint density at radius 2 is 0.955 bits per heavy atom. The molecule has 10 atom stereocenters. The highest BCUT2D eigenvalue weighted by atomic mass is 19.5. The lowest BCUT2D eigenvalue weighted by Gasteiger charge is -2.25. The third-order valence-electron chi connectivity index (χ3n) is 18.0. The molecule has 0 N–H and O–H groups in total. The van der Waals surface area contributed by atoms with Crippen molar-refractivity contribution in [1.29, 1.82) is 0 Å². The molecule has 0 amide bonds. The van der Waals surface area contributed by atoms with Crippen LogP contribution in [-0.2, 0) is 70.4 Å². The molecule has 1 aromatic heterocycles. The molecule has 10 unspecified atom stereocenters. The zero-order valence-corrected chi connectivity index (χ0v) is 67.1. The monoisotopic (exact) mass is 1570 g/mol. The minimum Gasteiger partial charge on any atom is -0.491 e. The lowest BCUT2D eigenvalue weighted by atomic mass is 9.82. The fourth-order valence-electron chi connectivity index (χ4n) is 10.8. The Labute approximate surface area is 644 Å². The number of aromatic nitrogens is 3. The number of rotatable bonds is 18. The fraction of sp³-hybridized carbons (Fsp3) is 0.607. The molecule has 2 saturated carbocycles. The van der Waals surface area contributed by atoms with Crippen LogP contribution in [-0.4, -0.2) is 141 Å². The highest BCUT2D eigenvalue weighted by Gasteiger charge is 2.54. The molecule has 9 fully saturated rings. The molecule has 5 aromatic carbocycles. The normalized spacial score (nSPS) is 22.2. The van der Waals surface area contributed by atoms with Crippen LogP contribution >= 0.6 is 0 Å². The molecule has 6 aromatic rings. The molecular weight excluding hydrogens is 1450 g/mol. The van der Waals surface area contributed by atoms with E-state index in [0.717, 1.165) is 89.8 Å². The minimum absolute atomic E-state index is 0.0983. The van der Waals surface area contributed by atoms with Gasteiger partial charge in [0.1, 0.15) is 43.0 Å². The third kappa shape index (κ3) is 38.5. The van der Waals surface area contributed by atoms with Crippen molar-refractivity contribution in [1.82, 2.24) is 13.7 Å². The van der Waals surface area contributed by atoms with E-state index in [-0.39, 0.29) is 38.5 Å². The SMILES string of the molecule is CC.CC.CCC1CCC2(C)OC2C1.CCC1CCC2OC2C1.CCCF.CCOC1COC1.CCc1ccc(OCC2CO2)cc1.CCc1ccccc1OCC1CO1.CCn1c(=O)n(CC2CO2)c(=O)n(CC2CO2)c1=O.Cc1c(F)c(F)c(F)c(F)c1F.Cc1ccccc1.Cc1ccccc1.FC(F)(F)F. The second-order valence-corrected chi connectivity index (χ2v) is 26.7. The number of benzene rings is 5. The van der Waals surface area contributed by atoms with Gasteiger partial charge in [-0.3, -0.25) is 4.39 Å². The van der Waals surface area contributed by atoms with E-state index >= 15 is 0 Å². The summed E-state index contributed by atoms with van der Waals surface area (Å²) in [5, 5.41) is 0. The molecule has 9 aliphatic rings. The van der Waals surface area contributed by atoms with E-state index in [1.54, 1.807) is 13.8 Å². The molecule has 15 rings (SSSR count). The molecule has 0 bridgehead atoms. The number of hydrogen-bond donors (Lipinski definition) is 0. The molecule has 0 radical (unpaired) electrons. The van der Waals surface area contributed by atoms with Crippen LogP contribution in [0.15, 0.2) is 124 Å². The van der Waals surface area contributed by atoms with Crippen LogP contribution in [0, 0.1) is 61.7 Å². The number of para-hydroxylation sites is 1. The molecule has 26 heteroatoms. The number of aryl methyl sites for hydroxylation is 4. The van der Waals surface area contributed by atoms with Gasteiger partial charge in [-0.05, 0) is 140 Å². The van der Waals surface area contributed by atoms with E-state index in [0.29, 0.717) is 75.1 Å². The third-order valence-corrected chi connectivity index (χ3v) is 18.0. The average molecular weight is 1570 g/mol. The first-order valence-electron chi connectivity index (χ1n) is 38.8. The van der Waals surface area contributed by atoms with Gasteiger partial charge in [0.25, 0.3) is 0 Å². The van der Waals surface area contributed by atoms with Crippen molar-refractivity contribution >= 4 is 0 Å². The van der Waals surface area contributed by atoms with Gasteiger partial charge in [0.15, 0.2) is 23.3 Å². The van der Waals surface area contributed by atoms with Gasteiger partial charge in [0.05, 0.1) is 95.5 Å². The minimum atomic E-state index is -5.50. The largest absolute Gasteiger partial charge is 0.559 e. The Hall–Kier alpha value is -6.91. The highest BCUT2D eigenvalue weighted by molar-refractivity contribution is 5.33. The van der Waals surface area contributed by atoms with Crippen molar-refractivity contribution in [3.05, 3.63) is 198 Å². The van der Waals surface area contributed by atoms with E-state index in [2.05, 4.69) is 90.9 Å². The Kier molecular flexibility index (Phi) is 46.4. The highest BCUT2D eigenvalue weighted by Crippen LogP contribution is 2.49. The standard InChI is InChI=1S/C11H15N3O5.2C11H14O2.C9H16O.C8H14O.C7H3F5.2C7H8.C5H10O2.C3H7F.2C2H6.CF4/c1-2-12-9(15)13(3-7-5-18-7)11(17)14(10(12)16)4-8-6-19-8;1-2-9-3-5-10(6-4-9)12-7-11-8-13-11;1-2-9-5-3-4-6-11(9)13-8-10-7-12-10;1-3-7-4-5-9(2)8(6-7)10-9;1-2-6-3-4-7-8(5-6)9-7;1-2-3(8)5(10)7(12)6(11)4(2)9;2*1-7-5-3-2-4-6-7;1-2-7-5-3-6-4-5;1-2-3-4;2*1-2;2-1(3,4)5/h7-8H,2-6H2,1H3;3-6,11H,2,7-8H2,1H3;3-6,10H,2,7-8H2,1H3;7-8H,3-6H2,1-2H3;6-8H,2-5H2,1H3;1H3;2*2-6H,1H3;5H,2-4H2,1H3;2-3H2,1H3;2*1-2H3;. The van der Waals surface area contributed by atoms with E-state index in [4.69, 9.17) is 47.4 Å². The van der Waals surface area contributed by atoms with Gasteiger partial charge >= 0.3 is 23.5 Å². The lowest BCUT2D eigenvalue weighted by Crippen LogP contribution is -2.55. The number of halogens is 10. The summed E-state index contributed by atoms with van der Waals surface area (Å²) >= 11 is 0. The van der Waals surface area contributed by atoms with Gasteiger partial charge < -0.3 is 47.4 Å². The Morgan fingerprint density at radius 1 is 0.518 bits per heavy atom. The molecule has 2 aliphatic carbocycles. The van der Waals surface area contributed by atoms with Crippen LogP contribution in [0.3, 0.4) is 0 Å². The number of ether oxygens (including phenoxy) is 10. The predicted octanol–water partition coefficient (Wildman–Crippen LogP) is 18.4. The summed E-state index contributed by atoms with van der Waals surface area (Å²) < 4.78 is 167. The molecule has 8 heterocycles. The van der Waals surface area contributed by atoms with E-state index in [1.165, 1.54) is 73.6 Å². The second-order valence-electron chi connectivity index (χ2n) is 26.7. The zero-order chi connectivity index (χ0) is 81.9. The summed E-state index contributed by atoms with van der Waals surface area (Å²) in [4.78, 5) is 36.4. The first kappa shape index (κ1) is 97.3. The summed E-state index contributed by atoms with van der Waals surface area (Å²) in [5.41, 5.74) is 2.99. The van der Waals surface area contributed by atoms with Crippen molar-refractivity contribution in [2.24, 2.45) is 11.8 Å². The first-order chi connectivity index (χ1) is 52.6. The molecule has 16 nitrogen and oxygen atoms in total. The summed E-state index contributed by atoms with van der Waals surface area (Å²) in [5.74, 6) is -5.64. The average Bonchev–Trinajstić information content (AvgIpc) is 1.57. The Bertz CT molecular complexity index is 3440. The maximum absolute atomic E-state index is 12.4. The van der Waals surface area contributed by atoms with Crippen LogP contribution in [0.5, 0.6) is 11.5 Å². The van der Waals surface area contributed by atoms with E-state index in [9.17, 15) is 58.3 Å². The Morgan fingerprint density at radius 3 is 1.32 bits per heavy atom. The van der Waals surface area contributed by atoms with Crippen LogP contribution in [0.4, 0.5) is 43.9 Å². The number of fused-ring (bicyclic) bond motifs is 2. The maximum atomic E-state index is 12.4. The summed E-state index contributed by atoms with van der Waals surface area (Å²) in [7, 11) is 0. The van der Waals surface area contributed by atoms with Gasteiger partial charge in [0.2, 0.25) is 5.82 Å². The summed E-state index contributed by atoms with van der Waals surface area (Å²) in [6, 6.07) is 36.9. The number of epoxide rings is 6. The van der Waals surface area contributed by atoms with Crippen LogP contribution in [0.2, 0.25) is 0 Å². The van der Waals surface area contributed by atoms with Crippen LogP contribution in [0.25, 0.3) is 0 Å². The molecule has 620 valence electrons. The van der Waals surface area contributed by atoms with Crippen molar-refractivity contribution in [2.45, 2.75) is 255 Å². The number of hydrogen-bond acceptors (Lipinski definition) is 13. The van der Waals surface area contributed by atoms with E-state index in [1.807, 2.05) is 101 Å². The topological polar surface area (TPSA) is 178 Å². The van der Waals surface area contributed by atoms with Gasteiger partial charge in [-0.15, -0.1) is 17.6 Å². The van der Waals surface area contributed by atoms with Gasteiger partial charge in [-0.2, -0.15) is 0 Å². The van der Waals surface area contributed by atoms with Gasteiger partial charge in [-0.25, -0.2) is 50.0 Å². The predicted molar refractivity (Wildman–Crippen MR) is 409 cm³/mol. The van der Waals surface area contributed by atoms with Crippen LogP contribution in [0.1, 0.15) is 169 Å². The molecule has 0 spiro atoms. The van der Waals surface area contributed by atoms with Crippen molar-refractivity contribution in [3.8, 4) is 11.5 Å². The van der Waals surface area contributed by atoms with E-state index < -0.39 is 58.1 Å². The molecule has 7 saturated heterocycles. The smallest absolute Gasteiger partial charge is 0.491 e. The molecule has 7 aliphatic heterocycles. The van der Waals surface area contributed by atoms with Crippen molar-refractivity contribution in [2.75, 3.05) is 66.1 Å². The van der Waals surface area contributed by atoms with Gasteiger partial charge in [0, 0.05) is 18.7 Å². The molecule has 110 heavy (non-hydrogen) atoms. The Balaban J connectivity index is 0.000000319. The van der Waals surface area contributed by atoms with Crippen LogP contribution < -0.4 is 26.5 Å².